The second-order valence-corrected chi connectivity index (χ2v) is 10.4. The van der Waals surface area contributed by atoms with Crippen LogP contribution in [0.1, 0.15) is 39.3 Å². The number of benzene rings is 3. The van der Waals surface area contributed by atoms with Crippen LogP contribution in [0.3, 0.4) is 0 Å². The third-order valence-corrected chi connectivity index (χ3v) is 7.39. The summed E-state index contributed by atoms with van der Waals surface area (Å²) in [6, 6.07) is 7.15. The van der Waals surface area contributed by atoms with Crippen LogP contribution in [0.4, 0.5) is 22.0 Å². The number of aromatic nitrogens is 4. The number of rotatable bonds is 9. The van der Waals surface area contributed by atoms with Gasteiger partial charge in [0.2, 0.25) is 0 Å². The van der Waals surface area contributed by atoms with E-state index >= 15 is 8.78 Å². The third-order valence-electron chi connectivity index (χ3n) is 7.39. The summed E-state index contributed by atoms with van der Waals surface area (Å²) in [7, 11) is 0. The molecule has 44 heavy (non-hydrogen) atoms. The lowest BCUT2D eigenvalue weighted by atomic mass is 10.0. The highest BCUT2D eigenvalue weighted by molar-refractivity contribution is 5.92. The first-order valence-electron chi connectivity index (χ1n) is 13.5. The van der Waals surface area contributed by atoms with Gasteiger partial charge in [-0.25, -0.2) is 36.7 Å². The zero-order valence-electron chi connectivity index (χ0n) is 23.1. The predicted molar refractivity (Wildman–Crippen MR) is 147 cm³/mol. The number of hydrogen-bond acceptors (Lipinski definition) is 6. The summed E-state index contributed by atoms with van der Waals surface area (Å²) < 4.78 is 86.1. The molecule has 1 aliphatic heterocycles. The number of ether oxygens (including phenoxy) is 2. The van der Waals surface area contributed by atoms with E-state index in [9.17, 15) is 23.1 Å². The molecular weight excluding hydrogens is 587 g/mol. The molecule has 1 fully saturated rings. The molecule has 13 heteroatoms. The first kappa shape index (κ1) is 29.2. The Morgan fingerprint density at radius 1 is 0.977 bits per heavy atom. The summed E-state index contributed by atoms with van der Waals surface area (Å²) in [6.45, 7) is 1.79. The molecule has 1 atom stereocenters. The van der Waals surface area contributed by atoms with Gasteiger partial charge in [-0.15, -0.1) is 0 Å². The molecule has 8 nitrogen and oxygen atoms in total. The van der Waals surface area contributed by atoms with Gasteiger partial charge in [0.25, 0.3) is 0 Å². The number of carbonyl (C=O) groups is 1. The molecule has 0 radical (unpaired) electrons. The molecule has 3 aromatic carbocycles. The lowest BCUT2D eigenvalue weighted by molar-refractivity contribution is -0.0589. The Balaban J connectivity index is 1.28. The maximum absolute atomic E-state index is 15.4. The molecule has 1 aliphatic rings. The van der Waals surface area contributed by atoms with Crippen molar-refractivity contribution in [3.05, 3.63) is 106 Å². The normalized spacial score (nSPS) is 14.5. The molecule has 6 rings (SSSR count). The van der Waals surface area contributed by atoms with E-state index in [0.717, 1.165) is 36.8 Å². The molecule has 1 N–H and O–H groups in total. The van der Waals surface area contributed by atoms with Gasteiger partial charge in [-0.1, -0.05) is 0 Å². The second-order valence-electron chi connectivity index (χ2n) is 10.4. The Kier molecular flexibility index (Phi) is 7.72. The van der Waals surface area contributed by atoms with E-state index in [-0.39, 0.29) is 75.4 Å². The van der Waals surface area contributed by atoms with Crippen molar-refractivity contribution in [2.45, 2.75) is 39.0 Å². The molecule has 0 aliphatic carbocycles. The van der Waals surface area contributed by atoms with Crippen molar-refractivity contribution in [1.29, 1.82) is 0 Å². The molecule has 0 saturated carbocycles. The maximum Gasteiger partial charge on any atom is 0.335 e. The topological polar surface area (TPSA) is 99.4 Å². The number of halogens is 5. The monoisotopic (exact) mass is 610 g/mol. The highest BCUT2D eigenvalue weighted by atomic mass is 19.1. The average molecular weight is 611 g/mol. The summed E-state index contributed by atoms with van der Waals surface area (Å²) >= 11 is 0. The van der Waals surface area contributed by atoms with Gasteiger partial charge in [0, 0.05) is 30.4 Å². The summed E-state index contributed by atoms with van der Waals surface area (Å²) in [5.74, 6) is -4.90. The van der Waals surface area contributed by atoms with Crippen molar-refractivity contribution in [2.75, 3.05) is 6.61 Å². The number of fused-ring (bicyclic) bond motifs is 1. The van der Waals surface area contributed by atoms with Crippen molar-refractivity contribution in [2.24, 2.45) is 0 Å². The van der Waals surface area contributed by atoms with Gasteiger partial charge >= 0.3 is 12.0 Å². The molecule has 1 saturated heterocycles. The van der Waals surface area contributed by atoms with Gasteiger partial charge in [-0.2, -0.15) is 4.98 Å². The van der Waals surface area contributed by atoms with E-state index in [1.807, 2.05) is 0 Å². The first-order valence-corrected chi connectivity index (χ1v) is 13.5. The van der Waals surface area contributed by atoms with Crippen molar-refractivity contribution < 1.29 is 41.3 Å². The van der Waals surface area contributed by atoms with E-state index in [2.05, 4.69) is 15.0 Å². The maximum atomic E-state index is 15.4. The third kappa shape index (κ3) is 5.70. The Bertz CT molecular complexity index is 1930. The molecule has 0 spiro atoms. The smallest absolute Gasteiger partial charge is 0.335 e. The van der Waals surface area contributed by atoms with Crippen molar-refractivity contribution in [3.8, 4) is 17.3 Å². The largest absolute Gasteiger partial charge is 0.478 e. The summed E-state index contributed by atoms with van der Waals surface area (Å²) in [6.07, 6.45) is 1.52. The highest BCUT2D eigenvalue weighted by Crippen LogP contribution is 2.29. The van der Waals surface area contributed by atoms with E-state index in [4.69, 9.17) is 9.47 Å². The zero-order chi connectivity index (χ0) is 31.1. The number of imidazole rings is 1. The summed E-state index contributed by atoms with van der Waals surface area (Å²) in [5.41, 5.74) is -0.421. The minimum atomic E-state index is -1.32. The van der Waals surface area contributed by atoms with Gasteiger partial charge < -0.3 is 19.1 Å². The fourth-order valence-electron chi connectivity index (χ4n) is 4.91. The summed E-state index contributed by atoms with van der Waals surface area (Å²) in [5, 5.41) is 9.40. The summed E-state index contributed by atoms with van der Waals surface area (Å²) in [4.78, 5) is 23.8. The fraction of sp³-hybridized carbons (Fsp3) is 0.226. The lowest BCUT2D eigenvalue weighted by Crippen LogP contribution is -2.31. The molecule has 0 bridgehead atoms. The Hall–Kier alpha value is -4.91. The van der Waals surface area contributed by atoms with Crippen LogP contribution in [-0.4, -0.2) is 43.3 Å². The number of hydrogen-bond donors (Lipinski definition) is 1. The average Bonchev–Trinajstić information content (AvgIpc) is 3.31. The van der Waals surface area contributed by atoms with Gasteiger partial charge in [-0.3, -0.25) is 0 Å². The van der Waals surface area contributed by atoms with Crippen molar-refractivity contribution in [3.63, 3.8) is 0 Å². The van der Waals surface area contributed by atoms with Crippen molar-refractivity contribution in [1.82, 2.24) is 19.5 Å². The first-order chi connectivity index (χ1) is 21.1. The van der Waals surface area contributed by atoms with Crippen LogP contribution in [0.25, 0.3) is 22.3 Å². The van der Waals surface area contributed by atoms with Crippen LogP contribution < -0.4 is 4.74 Å². The van der Waals surface area contributed by atoms with Crippen LogP contribution in [0.15, 0.2) is 48.7 Å². The van der Waals surface area contributed by atoms with Crippen LogP contribution in [0.5, 0.6) is 6.01 Å². The Labute approximate surface area is 246 Å². The lowest BCUT2D eigenvalue weighted by Gasteiger charge is -2.27. The van der Waals surface area contributed by atoms with E-state index in [1.54, 1.807) is 4.57 Å². The number of aromatic carboxylic acids is 1. The SMILES string of the molecule is Cc1cc(F)c(COc2nccc(-c3cc(F)c(Cc4nc5c(F)cc(C(=O)O)cc5n4C[C@@H]4CCO4)cc3F)n2)cc1F. The molecule has 0 amide bonds. The fourth-order valence-corrected chi connectivity index (χ4v) is 4.91. The van der Waals surface area contributed by atoms with Gasteiger partial charge in [0.15, 0.2) is 5.82 Å². The minimum absolute atomic E-state index is 0.0221. The Morgan fingerprint density at radius 3 is 2.45 bits per heavy atom. The van der Waals surface area contributed by atoms with Crippen LogP contribution in [0, 0.1) is 36.0 Å². The number of carboxylic acid groups (broad SMARTS) is 1. The van der Waals surface area contributed by atoms with E-state index in [0.29, 0.717) is 6.61 Å². The molecule has 226 valence electrons. The second kappa shape index (κ2) is 11.6. The van der Waals surface area contributed by atoms with Crippen LogP contribution >= 0.6 is 0 Å². The van der Waals surface area contributed by atoms with Crippen molar-refractivity contribution >= 4 is 17.0 Å². The quantitative estimate of drug-likeness (QED) is 0.200. The standard InChI is InChI=1S/C31H23F5N4O4/c1-15-6-22(33)18(9-21(15)32)14-44-31-37-4-2-26(38-31)20-12-23(34)16(7-24(20)35)11-28-39-29-25(36)8-17(30(41)42)10-27(29)40(28)13-19-3-5-43-19/h2,4,6-10,12,19H,3,5,11,13-14H2,1H3,(H,41,42)/t19-/m0/s1. The van der Waals surface area contributed by atoms with Gasteiger partial charge in [0.1, 0.15) is 41.2 Å². The van der Waals surface area contributed by atoms with Crippen LogP contribution in [0.2, 0.25) is 0 Å². The van der Waals surface area contributed by atoms with E-state index in [1.165, 1.54) is 25.3 Å². The van der Waals surface area contributed by atoms with Gasteiger partial charge in [0.05, 0.1) is 29.4 Å². The number of carboxylic acids is 1. The minimum Gasteiger partial charge on any atom is -0.478 e. The molecular formula is C31H23F5N4O4. The molecule has 0 unspecified atom stereocenters. The number of aryl methyl sites for hydroxylation is 1. The zero-order valence-corrected chi connectivity index (χ0v) is 23.1. The Morgan fingerprint density at radius 2 is 1.73 bits per heavy atom. The number of nitrogens with zero attached hydrogens (tertiary/aromatic N) is 4. The van der Waals surface area contributed by atoms with E-state index < -0.39 is 41.7 Å². The predicted octanol–water partition coefficient (Wildman–Crippen LogP) is 6.15. The van der Waals surface area contributed by atoms with Crippen LogP contribution in [-0.2, 0) is 24.3 Å². The molecule has 5 aromatic rings. The van der Waals surface area contributed by atoms with Gasteiger partial charge in [-0.05, 0) is 66.9 Å². The highest BCUT2D eigenvalue weighted by Gasteiger charge is 2.25. The molecule has 2 aromatic heterocycles. The molecule has 3 heterocycles.